The first-order valence-electron chi connectivity index (χ1n) is 4.62. The van der Waals surface area contributed by atoms with Crippen LogP contribution in [0.4, 0.5) is 0 Å². The molecule has 0 unspecified atom stereocenters. The van der Waals surface area contributed by atoms with Crippen LogP contribution in [-0.2, 0) is 10.1 Å². The SMILES string of the molecule is CCCS(=O)(=O)[O-].C[NH+](C)CCCCl. The van der Waals surface area contributed by atoms with Gasteiger partial charge in [0.15, 0.2) is 0 Å². The first kappa shape index (κ1) is 16.6. The molecule has 0 aliphatic rings. The van der Waals surface area contributed by atoms with Crippen molar-refractivity contribution >= 4 is 21.7 Å². The second-order valence-corrected chi connectivity index (χ2v) is 5.16. The van der Waals surface area contributed by atoms with Gasteiger partial charge in [-0.15, -0.1) is 11.6 Å². The minimum Gasteiger partial charge on any atom is -0.748 e. The zero-order valence-electron chi connectivity index (χ0n) is 9.05. The van der Waals surface area contributed by atoms with Crippen LogP contribution in [0.25, 0.3) is 0 Å². The molecule has 0 atom stereocenters. The van der Waals surface area contributed by atoms with Gasteiger partial charge in [0, 0.05) is 18.1 Å². The van der Waals surface area contributed by atoms with Gasteiger partial charge in [0.25, 0.3) is 0 Å². The molecule has 0 radical (unpaired) electrons. The Morgan fingerprint density at radius 1 is 1.36 bits per heavy atom. The van der Waals surface area contributed by atoms with Gasteiger partial charge in [-0.3, -0.25) is 0 Å². The Morgan fingerprint density at radius 3 is 1.93 bits per heavy atom. The Hall–Kier alpha value is 0.160. The highest BCUT2D eigenvalue weighted by Crippen LogP contribution is 1.83. The Bertz CT molecular complexity index is 205. The molecule has 0 aliphatic heterocycles. The molecule has 0 aromatic rings. The van der Waals surface area contributed by atoms with Gasteiger partial charge in [-0.1, -0.05) is 6.92 Å². The van der Waals surface area contributed by atoms with Crippen LogP contribution in [0, 0.1) is 0 Å². The molecule has 0 fully saturated rings. The van der Waals surface area contributed by atoms with E-state index in [2.05, 4.69) is 14.1 Å². The molecular formula is C8H20ClNO3S. The van der Waals surface area contributed by atoms with Gasteiger partial charge in [-0.2, -0.15) is 0 Å². The van der Waals surface area contributed by atoms with Gasteiger partial charge in [0.1, 0.15) is 0 Å². The van der Waals surface area contributed by atoms with Crippen molar-refractivity contribution < 1.29 is 17.9 Å². The topological polar surface area (TPSA) is 61.6 Å². The Morgan fingerprint density at radius 2 is 1.86 bits per heavy atom. The van der Waals surface area contributed by atoms with E-state index in [0.717, 1.165) is 12.3 Å². The normalized spacial score (nSPS) is 11.0. The van der Waals surface area contributed by atoms with E-state index < -0.39 is 10.1 Å². The molecule has 0 spiro atoms. The Balaban J connectivity index is 0. The van der Waals surface area contributed by atoms with E-state index >= 15 is 0 Å². The fourth-order valence-corrected chi connectivity index (χ4v) is 1.30. The first-order chi connectivity index (χ1) is 6.33. The zero-order chi connectivity index (χ0) is 11.6. The number of halogens is 1. The van der Waals surface area contributed by atoms with Crippen LogP contribution in [0.2, 0.25) is 0 Å². The van der Waals surface area contributed by atoms with E-state index in [1.165, 1.54) is 11.4 Å². The van der Waals surface area contributed by atoms with E-state index in [4.69, 9.17) is 11.6 Å². The minimum absolute atomic E-state index is 0.243. The molecule has 0 saturated heterocycles. The lowest BCUT2D eigenvalue weighted by Gasteiger charge is -2.02. The number of nitrogens with one attached hydrogen (secondary N) is 1. The van der Waals surface area contributed by atoms with Gasteiger partial charge < -0.3 is 9.45 Å². The van der Waals surface area contributed by atoms with Gasteiger partial charge in [-0.25, -0.2) is 8.42 Å². The number of rotatable bonds is 5. The van der Waals surface area contributed by atoms with E-state index in [1.54, 1.807) is 6.92 Å². The fraction of sp³-hybridized carbons (Fsp3) is 1.00. The van der Waals surface area contributed by atoms with E-state index in [1.807, 2.05) is 0 Å². The molecule has 0 bridgehead atoms. The summed E-state index contributed by atoms with van der Waals surface area (Å²) < 4.78 is 29.0. The maximum absolute atomic E-state index is 9.68. The lowest BCUT2D eigenvalue weighted by Crippen LogP contribution is -3.05. The van der Waals surface area contributed by atoms with Crippen molar-refractivity contribution in [2.45, 2.75) is 19.8 Å². The molecule has 0 aromatic carbocycles. The Labute approximate surface area is 92.0 Å². The van der Waals surface area contributed by atoms with E-state index in [9.17, 15) is 13.0 Å². The minimum atomic E-state index is -3.92. The highest BCUT2D eigenvalue weighted by atomic mass is 35.5. The summed E-state index contributed by atoms with van der Waals surface area (Å²) in [6.45, 7) is 2.83. The summed E-state index contributed by atoms with van der Waals surface area (Å²) in [5, 5.41) is 0. The van der Waals surface area contributed by atoms with Crippen molar-refractivity contribution in [3.63, 3.8) is 0 Å². The number of alkyl halides is 1. The predicted octanol–water partition coefficient (Wildman–Crippen LogP) is -0.299. The van der Waals surface area contributed by atoms with Crippen molar-refractivity contribution in [3.05, 3.63) is 0 Å². The zero-order valence-corrected chi connectivity index (χ0v) is 10.6. The average molecular weight is 246 g/mol. The summed E-state index contributed by atoms with van der Waals surface area (Å²) in [5.74, 6) is 0.554. The summed E-state index contributed by atoms with van der Waals surface area (Å²) in [6, 6.07) is 0. The molecule has 4 nitrogen and oxygen atoms in total. The monoisotopic (exact) mass is 245 g/mol. The van der Waals surface area contributed by atoms with Crippen molar-refractivity contribution in [1.29, 1.82) is 0 Å². The van der Waals surface area contributed by atoms with Crippen molar-refractivity contribution in [2.24, 2.45) is 0 Å². The van der Waals surface area contributed by atoms with Crippen LogP contribution in [0.1, 0.15) is 19.8 Å². The highest BCUT2D eigenvalue weighted by Gasteiger charge is 1.88. The summed E-state index contributed by atoms with van der Waals surface area (Å²) in [5.41, 5.74) is 0. The van der Waals surface area contributed by atoms with Crippen LogP contribution >= 0.6 is 11.6 Å². The van der Waals surface area contributed by atoms with Crippen LogP contribution in [0.5, 0.6) is 0 Å². The van der Waals surface area contributed by atoms with E-state index in [-0.39, 0.29) is 5.75 Å². The lowest BCUT2D eigenvalue weighted by atomic mass is 10.5. The van der Waals surface area contributed by atoms with E-state index in [0.29, 0.717) is 6.42 Å². The standard InChI is InChI=1S/C5H12ClN.C3H8O3S/c1-7(2)5-3-4-6;1-2-3-7(4,5)6/h3-5H2,1-2H3;2-3H2,1H3,(H,4,5,6). The quantitative estimate of drug-likeness (QED) is 0.535. The average Bonchev–Trinajstić information content (AvgIpc) is 1.99. The third-order valence-electron chi connectivity index (χ3n) is 1.26. The summed E-state index contributed by atoms with van der Waals surface area (Å²) in [6.07, 6.45) is 1.54. The van der Waals surface area contributed by atoms with Gasteiger partial charge in [0.05, 0.1) is 30.8 Å². The molecule has 14 heavy (non-hydrogen) atoms. The van der Waals surface area contributed by atoms with Crippen LogP contribution in [0.15, 0.2) is 0 Å². The number of quaternary nitrogens is 1. The largest absolute Gasteiger partial charge is 0.748 e. The fourth-order valence-electron chi connectivity index (χ4n) is 0.670. The summed E-state index contributed by atoms with van der Waals surface area (Å²) in [7, 11) is 0.339. The van der Waals surface area contributed by atoms with Crippen molar-refractivity contribution in [2.75, 3.05) is 32.3 Å². The second kappa shape index (κ2) is 9.71. The van der Waals surface area contributed by atoms with Crippen molar-refractivity contribution in [1.82, 2.24) is 0 Å². The molecule has 0 amide bonds. The molecular weight excluding hydrogens is 226 g/mol. The highest BCUT2D eigenvalue weighted by molar-refractivity contribution is 7.85. The molecule has 0 saturated carbocycles. The molecule has 0 rings (SSSR count). The second-order valence-electron chi connectivity index (χ2n) is 3.26. The molecule has 0 aromatic heterocycles. The molecule has 88 valence electrons. The molecule has 6 heteroatoms. The maximum atomic E-state index is 9.68. The van der Waals surface area contributed by atoms with Crippen LogP contribution < -0.4 is 4.90 Å². The summed E-state index contributed by atoms with van der Waals surface area (Å²) in [4.78, 5) is 1.47. The smallest absolute Gasteiger partial charge is 0.0945 e. The first-order valence-corrected chi connectivity index (χ1v) is 6.73. The number of hydrogen-bond donors (Lipinski definition) is 1. The van der Waals surface area contributed by atoms with Crippen LogP contribution in [0.3, 0.4) is 0 Å². The molecule has 0 heterocycles. The summed E-state index contributed by atoms with van der Waals surface area (Å²) >= 11 is 5.43. The number of hydrogen-bond acceptors (Lipinski definition) is 3. The Kier molecular flexibility index (Phi) is 11.5. The molecule has 1 N–H and O–H groups in total. The van der Waals surface area contributed by atoms with Crippen molar-refractivity contribution in [3.8, 4) is 0 Å². The van der Waals surface area contributed by atoms with Crippen LogP contribution in [-0.4, -0.2) is 45.2 Å². The predicted molar refractivity (Wildman–Crippen MR) is 57.9 cm³/mol. The van der Waals surface area contributed by atoms with Gasteiger partial charge >= 0.3 is 0 Å². The molecule has 0 aliphatic carbocycles. The third kappa shape index (κ3) is 22.7. The lowest BCUT2D eigenvalue weighted by molar-refractivity contribution is -0.858. The third-order valence-corrected chi connectivity index (χ3v) is 2.44. The maximum Gasteiger partial charge on any atom is 0.0945 e. The van der Waals surface area contributed by atoms with Gasteiger partial charge in [0.2, 0.25) is 0 Å². The van der Waals surface area contributed by atoms with Gasteiger partial charge in [-0.05, 0) is 6.42 Å².